The molecule has 9 heteroatoms. The molecule has 7 nitrogen and oxygen atoms in total. The van der Waals surface area contributed by atoms with E-state index in [1.807, 2.05) is 12.2 Å². The number of nitrogens with zero attached hydrogens (tertiary/aromatic N) is 1. The Morgan fingerprint density at radius 2 is 1.77 bits per heavy atom. The van der Waals surface area contributed by atoms with Gasteiger partial charge in [0, 0.05) is 18.1 Å². The van der Waals surface area contributed by atoms with Gasteiger partial charge in [0.05, 0.1) is 11.3 Å². The van der Waals surface area contributed by atoms with Crippen LogP contribution in [0.4, 0.5) is 5.69 Å². The smallest absolute Gasteiger partial charge is 0.335 e. The van der Waals surface area contributed by atoms with Gasteiger partial charge in [0.2, 0.25) is 10.0 Å². The van der Waals surface area contributed by atoms with Crippen LogP contribution in [0.1, 0.15) is 10.4 Å². The molecular formula is C17H15ClN2O5S. The van der Waals surface area contributed by atoms with Gasteiger partial charge in [-0.3, -0.25) is 0 Å². The molecule has 1 heterocycles. The molecule has 0 aromatic heterocycles. The van der Waals surface area contributed by atoms with Crippen molar-refractivity contribution < 1.29 is 23.1 Å². The Bertz CT molecular complexity index is 979. The predicted molar refractivity (Wildman–Crippen MR) is 97.7 cm³/mol. The van der Waals surface area contributed by atoms with E-state index in [9.17, 15) is 18.3 Å². The molecule has 2 aromatic rings. The summed E-state index contributed by atoms with van der Waals surface area (Å²) in [5.41, 5.74) is 0.133. The number of carboxylic acids is 1. The third-order valence-electron chi connectivity index (χ3n) is 3.78. The molecule has 1 aliphatic heterocycles. The molecule has 0 saturated heterocycles. The lowest BCUT2D eigenvalue weighted by Gasteiger charge is -2.23. The first-order valence-corrected chi connectivity index (χ1v) is 9.45. The van der Waals surface area contributed by atoms with Crippen molar-refractivity contribution in [2.75, 3.05) is 18.0 Å². The number of anilines is 1. The molecule has 0 saturated carbocycles. The number of carbonyl (C=O) groups is 1. The zero-order chi connectivity index (χ0) is 18.9. The number of halogens is 1. The number of nitrogens with two attached hydrogens (primary N) is 1. The zero-order valence-electron chi connectivity index (χ0n) is 13.4. The first-order valence-electron chi connectivity index (χ1n) is 7.53. The van der Waals surface area contributed by atoms with Crippen LogP contribution in [-0.4, -0.2) is 32.6 Å². The Morgan fingerprint density at radius 3 is 2.31 bits per heavy atom. The van der Waals surface area contributed by atoms with Crippen LogP contribution in [0.2, 0.25) is 5.02 Å². The van der Waals surface area contributed by atoms with Crippen molar-refractivity contribution in [3.63, 3.8) is 0 Å². The number of rotatable bonds is 5. The van der Waals surface area contributed by atoms with E-state index in [-0.39, 0.29) is 11.3 Å². The first-order chi connectivity index (χ1) is 12.3. The van der Waals surface area contributed by atoms with Crippen LogP contribution in [0.25, 0.3) is 0 Å². The van der Waals surface area contributed by atoms with Gasteiger partial charge in [-0.05, 0) is 36.4 Å². The van der Waals surface area contributed by atoms with E-state index in [0.29, 0.717) is 29.5 Å². The van der Waals surface area contributed by atoms with E-state index in [2.05, 4.69) is 0 Å². The highest BCUT2D eigenvalue weighted by Gasteiger charge is 2.26. The highest BCUT2D eigenvalue weighted by Crippen LogP contribution is 2.40. The van der Waals surface area contributed by atoms with Gasteiger partial charge in [-0.1, -0.05) is 23.8 Å². The topological polar surface area (TPSA) is 110 Å². The molecule has 0 bridgehead atoms. The summed E-state index contributed by atoms with van der Waals surface area (Å²) < 4.78 is 30.0. The molecule has 0 amide bonds. The van der Waals surface area contributed by atoms with E-state index in [0.717, 1.165) is 6.07 Å². The van der Waals surface area contributed by atoms with Gasteiger partial charge in [0.15, 0.2) is 5.75 Å². The van der Waals surface area contributed by atoms with Crippen molar-refractivity contribution in [3.05, 3.63) is 59.1 Å². The molecule has 0 radical (unpaired) electrons. The second kappa shape index (κ2) is 6.99. The third kappa shape index (κ3) is 3.82. The van der Waals surface area contributed by atoms with Gasteiger partial charge < -0.3 is 14.7 Å². The van der Waals surface area contributed by atoms with Gasteiger partial charge in [0.25, 0.3) is 0 Å². The van der Waals surface area contributed by atoms with Crippen LogP contribution in [-0.2, 0) is 10.0 Å². The number of hydrogen-bond donors (Lipinski definition) is 2. The van der Waals surface area contributed by atoms with Gasteiger partial charge >= 0.3 is 5.97 Å². The van der Waals surface area contributed by atoms with Crippen molar-refractivity contribution in [3.8, 4) is 11.5 Å². The fourth-order valence-electron chi connectivity index (χ4n) is 2.56. The molecule has 0 spiro atoms. The number of aromatic carboxylic acids is 1. The quantitative estimate of drug-likeness (QED) is 0.754. The largest absolute Gasteiger partial charge is 0.478 e. The van der Waals surface area contributed by atoms with Crippen LogP contribution in [0.15, 0.2) is 53.4 Å². The number of sulfonamides is 1. The summed E-state index contributed by atoms with van der Waals surface area (Å²) in [4.78, 5) is 12.8. The molecule has 0 atom stereocenters. The minimum absolute atomic E-state index is 0.0245. The second-order valence-electron chi connectivity index (χ2n) is 5.61. The fraction of sp³-hybridized carbons (Fsp3) is 0.118. The molecule has 0 aliphatic carbocycles. The lowest BCUT2D eigenvalue weighted by molar-refractivity contribution is 0.0696. The van der Waals surface area contributed by atoms with Crippen LogP contribution in [0, 0.1) is 0 Å². The summed E-state index contributed by atoms with van der Waals surface area (Å²) in [6, 6.07) is 8.70. The van der Waals surface area contributed by atoms with Gasteiger partial charge in [-0.25, -0.2) is 18.4 Å². The van der Waals surface area contributed by atoms with Crippen molar-refractivity contribution in [1.29, 1.82) is 0 Å². The average molecular weight is 395 g/mol. The van der Waals surface area contributed by atoms with E-state index < -0.39 is 20.9 Å². The maximum absolute atomic E-state index is 12.1. The Hall–Kier alpha value is -2.55. The third-order valence-corrected chi connectivity index (χ3v) is 4.95. The predicted octanol–water partition coefficient (Wildman–Crippen LogP) is 2.85. The minimum Gasteiger partial charge on any atom is -0.478 e. The summed E-state index contributed by atoms with van der Waals surface area (Å²) in [5, 5.41) is 15.1. The van der Waals surface area contributed by atoms with E-state index >= 15 is 0 Å². The summed E-state index contributed by atoms with van der Waals surface area (Å²) >= 11 is 5.86. The number of primary sulfonamides is 1. The van der Waals surface area contributed by atoms with Gasteiger partial charge in [-0.15, -0.1) is 0 Å². The Morgan fingerprint density at radius 1 is 1.15 bits per heavy atom. The van der Waals surface area contributed by atoms with Crippen LogP contribution < -0.4 is 14.8 Å². The first kappa shape index (κ1) is 18.2. The molecule has 0 fully saturated rings. The maximum Gasteiger partial charge on any atom is 0.335 e. The van der Waals surface area contributed by atoms with Gasteiger partial charge in [-0.2, -0.15) is 0 Å². The molecule has 3 N–H and O–H groups in total. The summed E-state index contributed by atoms with van der Waals surface area (Å²) in [5.74, 6) is -0.944. The molecule has 26 heavy (non-hydrogen) atoms. The Kier molecular flexibility index (Phi) is 4.90. The summed E-state index contributed by atoms with van der Waals surface area (Å²) in [6.07, 6.45) is 3.77. The number of hydrogen-bond acceptors (Lipinski definition) is 5. The fourth-order valence-corrected chi connectivity index (χ4v) is 3.38. The van der Waals surface area contributed by atoms with Gasteiger partial charge in [0.1, 0.15) is 10.6 Å². The molecule has 136 valence electrons. The Labute approximate surface area is 155 Å². The van der Waals surface area contributed by atoms with Crippen molar-refractivity contribution in [1.82, 2.24) is 0 Å². The monoisotopic (exact) mass is 394 g/mol. The highest BCUT2D eigenvalue weighted by molar-refractivity contribution is 7.89. The standard InChI is InChI=1S/C17H15ClN2O5S/c18-12-3-5-13(6-4-12)25-16-14(20-7-1-2-8-20)9-11(17(21)22)10-15(16)26(19,23)24/h1-6,9-10H,7-8H2,(H,21,22)(H2,19,23,24). The van der Waals surface area contributed by atoms with E-state index in [1.54, 1.807) is 29.2 Å². The van der Waals surface area contributed by atoms with Crippen molar-refractivity contribution >= 4 is 33.3 Å². The zero-order valence-corrected chi connectivity index (χ0v) is 15.0. The normalized spacial score (nSPS) is 13.8. The lowest BCUT2D eigenvalue weighted by atomic mass is 10.1. The SMILES string of the molecule is NS(=O)(=O)c1cc(C(=O)O)cc(N2CC=CC2)c1Oc1ccc(Cl)cc1. The van der Waals surface area contributed by atoms with Crippen LogP contribution in [0.5, 0.6) is 11.5 Å². The molecule has 3 rings (SSSR count). The summed E-state index contributed by atoms with van der Waals surface area (Å²) in [6.45, 7) is 0.980. The van der Waals surface area contributed by atoms with Crippen molar-refractivity contribution in [2.45, 2.75) is 4.90 Å². The Balaban J connectivity index is 2.20. The summed E-state index contributed by atoms with van der Waals surface area (Å²) in [7, 11) is -4.23. The number of benzene rings is 2. The average Bonchev–Trinajstić information content (AvgIpc) is 3.10. The number of ether oxygens (including phenoxy) is 1. The molecule has 1 aliphatic rings. The molecule has 0 unspecified atom stereocenters. The minimum atomic E-state index is -4.23. The molecular weight excluding hydrogens is 380 g/mol. The van der Waals surface area contributed by atoms with Crippen LogP contribution in [0.3, 0.4) is 0 Å². The second-order valence-corrected chi connectivity index (χ2v) is 7.57. The van der Waals surface area contributed by atoms with E-state index in [1.165, 1.54) is 6.07 Å². The highest BCUT2D eigenvalue weighted by atomic mass is 35.5. The van der Waals surface area contributed by atoms with E-state index in [4.69, 9.17) is 21.5 Å². The molecule has 2 aromatic carbocycles. The number of carboxylic acid groups (broad SMARTS) is 1. The van der Waals surface area contributed by atoms with Crippen molar-refractivity contribution in [2.24, 2.45) is 5.14 Å². The lowest BCUT2D eigenvalue weighted by Crippen LogP contribution is -2.22. The van der Waals surface area contributed by atoms with Crippen LogP contribution >= 0.6 is 11.6 Å². The maximum atomic E-state index is 12.1.